The molecule has 0 aliphatic heterocycles. The molecule has 1 rings (SSSR count). The predicted molar refractivity (Wildman–Crippen MR) is 51.9 cm³/mol. The predicted octanol–water partition coefficient (Wildman–Crippen LogP) is 2.39. The second-order valence-corrected chi connectivity index (χ2v) is 3.01. The fourth-order valence-electron chi connectivity index (χ4n) is 1.02. The number of aliphatic hydroxyl groups excluding tert-OH is 1. The maximum Gasteiger partial charge on any atom is 0.0696 e. The van der Waals surface area contributed by atoms with E-state index in [2.05, 4.69) is 19.1 Å². The molecule has 0 fully saturated rings. The van der Waals surface area contributed by atoms with Crippen molar-refractivity contribution >= 4 is 6.08 Å². The SMILES string of the molecule is Cc1cccc(/C=C/[C@@H](C)O)c1. The molecule has 0 aliphatic carbocycles. The molecule has 0 amide bonds. The zero-order valence-corrected chi connectivity index (χ0v) is 7.49. The third-order valence-corrected chi connectivity index (χ3v) is 1.61. The van der Waals surface area contributed by atoms with Crippen molar-refractivity contribution < 1.29 is 5.11 Å². The van der Waals surface area contributed by atoms with Gasteiger partial charge in [-0.1, -0.05) is 42.0 Å². The van der Waals surface area contributed by atoms with Crippen LogP contribution in [-0.2, 0) is 0 Å². The highest BCUT2D eigenvalue weighted by Crippen LogP contribution is 2.05. The molecule has 1 atom stereocenters. The normalized spacial score (nSPS) is 13.6. The molecule has 0 bridgehead atoms. The van der Waals surface area contributed by atoms with Gasteiger partial charge < -0.3 is 5.11 Å². The van der Waals surface area contributed by atoms with Gasteiger partial charge in [-0.25, -0.2) is 0 Å². The van der Waals surface area contributed by atoms with Crippen LogP contribution in [0.25, 0.3) is 6.08 Å². The van der Waals surface area contributed by atoms with Crippen LogP contribution in [0.5, 0.6) is 0 Å². The number of rotatable bonds is 2. The number of hydrogen-bond acceptors (Lipinski definition) is 1. The Labute approximate surface area is 73.4 Å². The first-order chi connectivity index (χ1) is 5.68. The molecule has 1 aromatic carbocycles. The summed E-state index contributed by atoms with van der Waals surface area (Å²) in [6, 6.07) is 8.17. The van der Waals surface area contributed by atoms with Crippen molar-refractivity contribution in [2.24, 2.45) is 0 Å². The Morgan fingerprint density at radius 3 is 2.75 bits per heavy atom. The van der Waals surface area contributed by atoms with Gasteiger partial charge in [-0.05, 0) is 19.4 Å². The number of aliphatic hydroxyl groups is 1. The Morgan fingerprint density at radius 1 is 1.42 bits per heavy atom. The highest BCUT2D eigenvalue weighted by atomic mass is 16.3. The Kier molecular flexibility index (Phi) is 3.06. The van der Waals surface area contributed by atoms with Gasteiger partial charge >= 0.3 is 0 Å². The van der Waals surface area contributed by atoms with Crippen molar-refractivity contribution in [3.8, 4) is 0 Å². The van der Waals surface area contributed by atoms with Gasteiger partial charge in [0.2, 0.25) is 0 Å². The minimum atomic E-state index is -0.370. The van der Waals surface area contributed by atoms with Crippen molar-refractivity contribution in [2.45, 2.75) is 20.0 Å². The summed E-state index contributed by atoms with van der Waals surface area (Å²) < 4.78 is 0. The summed E-state index contributed by atoms with van der Waals surface area (Å²) in [5, 5.41) is 9.00. The van der Waals surface area contributed by atoms with Gasteiger partial charge in [0.25, 0.3) is 0 Å². The quantitative estimate of drug-likeness (QED) is 0.708. The van der Waals surface area contributed by atoms with Gasteiger partial charge in [0.15, 0.2) is 0 Å². The summed E-state index contributed by atoms with van der Waals surface area (Å²) in [4.78, 5) is 0. The van der Waals surface area contributed by atoms with Crippen LogP contribution in [0.4, 0.5) is 0 Å². The molecule has 0 saturated carbocycles. The van der Waals surface area contributed by atoms with Gasteiger partial charge in [-0.15, -0.1) is 0 Å². The number of benzene rings is 1. The molecule has 1 N–H and O–H groups in total. The number of hydrogen-bond donors (Lipinski definition) is 1. The molecule has 0 heterocycles. The third-order valence-electron chi connectivity index (χ3n) is 1.61. The molecule has 0 aromatic heterocycles. The van der Waals surface area contributed by atoms with E-state index in [1.807, 2.05) is 18.2 Å². The van der Waals surface area contributed by atoms with Crippen molar-refractivity contribution in [3.63, 3.8) is 0 Å². The van der Waals surface area contributed by atoms with Crippen molar-refractivity contribution in [1.29, 1.82) is 0 Å². The lowest BCUT2D eigenvalue weighted by Gasteiger charge is -1.96. The Hall–Kier alpha value is -1.08. The molecule has 1 aromatic rings. The fourth-order valence-corrected chi connectivity index (χ4v) is 1.02. The first kappa shape index (κ1) is 9.01. The molecule has 0 unspecified atom stereocenters. The van der Waals surface area contributed by atoms with E-state index in [-0.39, 0.29) is 6.10 Å². The lowest BCUT2D eigenvalue weighted by molar-refractivity contribution is 0.245. The zero-order chi connectivity index (χ0) is 8.97. The van der Waals surface area contributed by atoms with Gasteiger partial charge in [0.1, 0.15) is 0 Å². The van der Waals surface area contributed by atoms with E-state index in [9.17, 15) is 0 Å². The monoisotopic (exact) mass is 162 g/mol. The second-order valence-electron chi connectivity index (χ2n) is 3.01. The average molecular weight is 162 g/mol. The summed E-state index contributed by atoms with van der Waals surface area (Å²) in [6.45, 7) is 3.80. The lowest BCUT2D eigenvalue weighted by Crippen LogP contribution is -1.91. The second kappa shape index (κ2) is 4.07. The Balaban J connectivity index is 2.76. The standard InChI is InChI=1S/C11H14O/c1-9-4-3-5-11(8-9)7-6-10(2)12/h3-8,10,12H,1-2H3/b7-6+/t10-/m1/s1. The zero-order valence-electron chi connectivity index (χ0n) is 7.49. The third kappa shape index (κ3) is 2.89. The van der Waals surface area contributed by atoms with Gasteiger partial charge in [-0.3, -0.25) is 0 Å². The van der Waals surface area contributed by atoms with Crippen LogP contribution < -0.4 is 0 Å². The van der Waals surface area contributed by atoms with E-state index in [0.29, 0.717) is 0 Å². The van der Waals surface area contributed by atoms with Crippen LogP contribution in [0.1, 0.15) is 18.1 Å². The van der Waals surface area contributed by atoms with Crippen LogP contribution in [0, 0.1) is 6.92 Å². The van der Waals surface area contributed by atoms with Crippen LogP contribution in [0.2, 0.25) is 0 Å². The highest BCUT2D eigenvalue weighted by molar-refractivity contribution is 5.50. The van der Waals surface area contributed by atoms with E-state index < -0.39 is 0 Å². The smallest absolute Gasteiger partial charge is 0.0696 e. The van der Waals surface area contributed by atoms with E-state index in [4.69, 9.17) is 5.11 Å². The molecule has 0 saturated heterocycles. The largest absolute Gasteiger partial charge is 0.389 e. The first-order valence-corrected chi connectivity index (χ1v) is 4.11. The van der Waals surface area contributed by atoms with Crippen molar-refractivity contribution in [1.82, 2.24) is 0 Å². The summed E-state index contributed by atoms with van der Waals surface area (Å²) in [5.41, 5.74) is 2.37. The van der Waals surface area contributed by atoms with Gasteiger partial charge in [0.05, 0.1) is 6.10 Å². The van der Waals surface area contributed by atoms with E-state index in [1.54, 1.807) is 13.0 Å². The molecule has 12 heavy (non-hydrogen) atoms. The van der Waals surface area contributed by atoms with Gasteiger partial charge in [0, 0.05) is 0 Å². The van der Waals surface area contributed by atoms with Crippen LogP contribution in [0.3, 0.4) is 0 Å². The molecule has 1 heteroatoms. The van der Waals surface area contributed by atoms with Crippen LogP contribution >= 0.6 is 0 Å². The van der Waals surface area contributed by atoms with Gasteiger partial charge in [-0.2, -0.15) is 0 Å². The van der Waals surface area contributed by atoms with E-state index >= 15 is 0 Å². The number of aryl methyl sites for hydroxylation is 1. The minimum absolute atomic E-state index is 0.370. The molecule has 0 spiro atoms. The van der Waals surface area contributed by atoms with Crippen LogP contribution in [-0.4, -0.2) is 11.2 Å². The minimum Gasteiger partial charge on any atom is -0.389 e. The molecular formula is C11H14O. The van der Waals surface area contributed by atoms with Crippen molar-refractivity contribution in [3.05, 3.63) is 41.5 Å². The Bertz CT molecular complexity index is 274. The average Bonchev–Trinajstić information content (AvgIpc) is 2.01. The highest BCUT2D eigenvalue weighted by Gasteiger charge is 1.88. The summed E-state index contributed by atoms with van der Waals surface area (Å²) in [5.74, 6) is 0. The molecule has 64 valence electrons. The Morgan fingerprint density at radius 2 is 2.17 bits per heavy atom. The molecular weight excluding hydrogens is 148 g/mol. The molecule has 0 aliphatic rings. The fraction of sp³-hybridized carbons (Fsp3) is 0.273. The summed E-state index contributed by atoms with van der Waals surface area (Å²) in [6.07, 6.45) is 3.33. The lowest BCUT2D eigenvalue weighted by atomic mass is 10.1. The van der Waals surface area contributed by atoms with Crippen LogP contribution in [0.15, 0.2) is 30.3 Å². The van der Waals surface area contributed by atoms with Crippen molar-refractivity contribution in [2.75, 3.05) is 0 Å². The summed E-state index contributed by atoms with van der Waals surface area (Å²) >= 11 is 0. The van der Waals surface area contributed by atoms with E-state index in [0.717, 1.165) is 5.56 Å². The molecule has 1 nitrogen and oxygen atoms in total. The maximum atomic E-state index is 9.00. The topological polar surface area (TPSA) is 20.2 Å². The van der Waals surface area contributed by atoms with E-state index in [1.165, 1.54) is 5.56 Å². The maximum absolute atomic E-state index is 9.00. The first-order valence-electron chi connectivity index (χ1n) is 4.11. The summed E-state index contributed by atoms with van der Waals surface area (Å²) in [7, 11) is 0. The molecule has 0 radical (unpaired) electrons.